The van der Waals surface area contributed by atoms with Gasteiger partial charge in [0.2, 0.25) is 0 Å². The van der Waals surface area contributed by atoms with E-state index >= 15 is 0 Å². The summed E-state index contributed by atoms with van der Waals surface area (Å²) in [5, 5.41) is 16.2. The molecule has 0 amide bonds. The summed E-state index contributed by atoms with van der Waals surface area (Å²) in [5.74, 6) is -3.16. The van der Waals surface area contributed by atoms with Crippen LogP contribution in [0.15, 0.2) is 23.3 Å². The molecule has 0 aliphatic heterocycles. The van der Waals surface area contributed by atoms with Gasteiger partial charge in [-0.2, -0.15) is 0 Å². The molecule has 2 N–H and O–H groups in total. The molecule has 0 aromatic carbocycles. The molecule has 0 saturated heterocycles. The molecule has 0 aliphatic carbocycles. The van der Waals surface area contributed by atoms with Gasteiger partial charge in [-0.15, -0.1) is 0 Å². The lowest BCUT2D eigenvalue weighted by Gasteiger charge is -1.94. The zero-order valence-electron chi connectivity index (χ0n) is 5.37. The van der Waals surface area contributed by atoms with Crippen molar-refractivity contribution in [2.75, 3.05) is 0 Å². The maximum absolute atomic E-state index is 10.2. The summed E-state index contributed by atoms with van der Waals surface area (Å²) in [6.07, 6.45) is 0.957. The molecule has 0 radical (unpaired) electrons. The van der Waals surface area contributed by atoms with Gasteiger partial charge in [0.25, 0.3) is 0 Å². The SMILES string of the molecule is C=CC(Cl)=C(C(=O)O)C(=O)O. The van der Waals surface area contributed by atoms with Crippen molar-refractivity contribution in [3.05, 3.63) is 23.3 Å². The lowest BCUT2D eigenvalue weighted by molar-refractivity contribution is -0.140. The number of hydrogen-bond acceptors (Lipinski definition) is 2. The van der Waals surface area contributed by atoms with E-state index in [4.69, 9.17) is 21.8 Å². The third-order valence-electron chi connectivity index (χ3n) is 0.846. The van der Waals surface area contributed by atoms with Crippen molar-refractivity contribution in [1.82, 2.24) is 0 Å². The molecule has 0 atom stereocenters. The van der Waals surface area contributed by atoms with Gasteiger partial charge in [-0.05, 0) is 6.08 Å². The van der Waals surface area contributed by atoms with Crippen molar-refractivity contribution in [1.29, 1.82) is 0 Å². The molecule has 60 valence electrons. The number of halogens is 1. The van der Waals surface area contributed by atoms with Gasteiger partial charge in [-0.25, -0.2) is 9.59 Å². The van der Waals surface area contributed by atoms with Crippen LogP contribution in [-0.2, 0) is 9.59 Å². The number of hydrogen-bond donors (Lipinski definition) is 2. The third kappa shape index (κ3) is 2.43. The summed E-state index contributed by atoms with van der Waals surface area (Å²) in [7, 11) is 0. The minimum atomic E-state index is -1.58. The summed E-state index contributed by atoms with van der Waals surface area (Å²) in [4.78, 5) is 20.3. The highest BCUT2D eigenvalue weighted by Crippen LogP contribution is 2.10. The maximum atomic E-state index is 10.2. The first kappa shape index (κ1) is 9.71. The predicted molar refractivity (Wildman–Crippen MR) is 38.3 cm³/mol. The average Bonchev–Trinajstić information content (AvgIpc) is 1.85. The Morgan fingerprint density at radius 1 is 1.27 bits per heavy atom. The van der Waals surface area contributed by atoms with Crippen molar-refractivity contribution in [3.8, 4) is 0 Å². The fraction of sp³-hybridized carbons (Fsp3) is 0. The van der Waals surface area contributed by atoms with Gasteiger partial charge in [0, 0.05) is 0 Å². The highest BCUT2D eigenvalue weighted by atomic mass is 35.5. The van der Waals surface area contributed by atoms with E-state index in [2.05, 4.69) is 6.58 Å². The van der Waals surface area contributed by atoms with Crippen molar-refractivity contribution >= 4 is 23.5 Å². The Morgan fingerprint density at radius 2 is 1.64 bits per heavy atom. The summed E-state index contributed by atoms with van der Waals surface area (Å²) in [5.41, 5.74) is -0.873. The molecule has 4 nitrogen and oxygen atoms in total. The van der Waals surface area contributed by atoms with E-state index in [1.54, 1.807) is 0 Å². The third-order valence-corrected chi connectivity index (χ3v) is 1.19. The van der Waals surface area contributed by atoms with Crippen LogP contribution in [0.4, 0.5) is 0 Å². The number of aliphatic carboxylic acids is 2. The lowest BCUT2D eigenvalue weighted by Crippen LogP contribution is -2.12. The highest BCUT2D eigenvalue weighted by molar-refractivity contribution is 6.36. The molecule has 0 unspecified atom stereocenters. The number of allylic oxidation sites excluding steroid dienone is 2. The first-order chi connectivity index (χ1) is 5.00. The minimum Gasteiger partial charge on any atom is -0.477 e. The Hall–Kier alpha value is -1.29. The molecule has 0 bridgehead atoms. The Balaban J connectivity index is 5.04. The lowest BCUT2D eigenvalue weighted by atomic mass is 10.2. The van der Waals surface area contributed by atoms with Gasteiger partial charge in [0.15, 0.2) is 5.57 Å². The number of rotatable bonds is 3. The molecule has 0 fully saturated rings. The maximum Gasteiger partial charge on any atom is 0.344 e. The quantitative estimate of drug-likeness (QED) is 0.289. The first-order valence-electron chi connectivity index (χ1n) is 2.49. The van der Waals surface area contributed by atoms with Gasteiger partial charge >= 0.3 is 11.9 Å². The molecule has 0 aromatic heterocycles. The zero-order valence-corrected chi connectivity index (χ0v) is 6.13. The van der Waals surface area contributed by atoms with Crippen LogP contribution in [0.3, 0.4) is 0 Å². The van der Waals surface area contributed by atoms with Crippen molar-refractivity contribution in [2.24, 2.45) is 0 Å². The molecule has 0 saturated carbocycles. The second kappa shape index (κ2) is 3.78. The van der Waals surface area contributed by atoms with Gasteiger partial charge in [-0.3, -0.25) is 0 Å². The standard InChI is InChI=1S/C6H5ClO4/c1-2-3(7)4(5(8)9)6(10)11/h2H,1H2,(H,8,9)(H,10,11). The number of carboxylic acid groups (broad SMARTS) is 2. The van der Waals surface area contributed by atoms with Crippen molar-refractivity contribution in [3.63, 3.8) is 0 Å². The van der Waals surface area contributed by atoms with E-state index in [1.165, 1.54) is 0 Å². The van der Waals surface area contributed by atoms with Crippen LogP contribution in [0.1, 0.15) is 0 Å². The van der Waals surface area contributed by atoms with Crippen LogP contribution in [0, 0.1) is 0 Å². The summed E-state index contributed by atoms with van der Waals surface area (Å²) in [6, 6.07) is 0. The van der Waals surface area contributed by atoms with Crippen LogP contribution >= 0.6 is 11.6 Å². The van der Waals surface area contributed by atoms with Crippen LogP contribution in [0.25, 0.3) is 0 Å². The van der Waals surface area contributed by atoms with Crippen LogP contribution in [-0.4, -0.2) is 22.2 Å². The average molecular weight is 177 g/mol. The molecule has 0 heterocycles. The first-order valence-corrected chi connectivity index (χ1v) is 2.87. The zero-order chi connectivity index (χ0) is 9.02. The van der Waals surface area contributed by atoms with E-state index in [-0.39, 0.29) is 5.03 Å². The number of carboxylic acids is 2. The second-order valence-electron chi connectivity index (χ2n) is 1.54. The summed E-state index contributed by atoms with van der Waals surface area (Å²) >= 11 is 5.22. The Morgan fingerprint density at radius 3 is 1.73 bits per heavy atom. The van der Waals surface area contributed by atoms with E-state index in [0.29, 0.717) is 0 Å². The molecular weight excluding hydrogens is 172 g/mol. The summed E-state index contributed by atoms with van der Waals surface area (Å²) in [6.45, 7) is 3.13. The van der Waals surface area contributed by atoms with E-state index in [1.807, 2.05) is 0 Å². The molecular formula is C6H5ClO4. The largest absolute Gasteiger partial charge is 0.477 e. The molecule has 5 heteroatoms. The van der Waals surface area contributed by atoms with Crippen LogP contribution < -0.4 is 0 Å². The minimum absolute atomic E-state index is 0.384. The number of carbonyl (C=O) groups is 2. The monoisotopic (exact) mass is 176 g/mol. The van der Waals surface area contributed by atoms with E-state index < -0.39 is 17.5 Å². The fourth-order valence-electron chi connectivity index (χ4n) is 0.398. The van der Waals surface area contributed by atoms with Gasteiger partial charge in [0.05, 0.1) is 5.03 Å². The van der Waals surface area contributed by atoms with Gasteiger partial charge in [0.1, 0.15) is 0 Å². The topological polar surface area (TPSA) is 74.6 Å². The smallest absolute Gasteiger partial charge is 0.344 e. The van der Waals surface area contributed by atoms with E-state index in [9.17, 15) is 9.59 Å². The Bertz CT molecular complexity index is 225. The van der Waals surface area contributed by atoms with Gasteiger partial charge < -0.3 is 10.2 Å². The van der Waals surface area contributed by atoms with Crippen LogP contribution in [0.5, 0.6) is 0 Å². The summed E-state index contributed by atoms with van der Waals surface area (Å²) < 4.78 is 0. The Labute approximate surface area is 67.4 Å². The second-order valence-corrected chi connectivity index (χ2v) is 1.94. The predicted octanol–water partition coefficient (Wildman–Crippen LogP) is 0.834. The van der Waals surface area contributed by atoms with Crippen molar-refractivity contribution < 1.29 is 19.8 Å². The molecule has 0 rings (SSSR count). The Kier molecular flexibility index (Phi) is 3.33. The molecule has 11 heavy (non-hydrogen) atoms. The highest BCUT2D eigenvalue weighted by Gasteiger charge is 2.19. The van der Waals surface area contributed by atoms with E-state index in [0.717, 1.165) is 6.08 Å². The fourth-order valence-corrected chi connectivity index (χ4v) is 0.560. The molecule has 0 aromatic rings. The van der Waals surface area contributed by atoms with Crippen LogP contribution in [0.2, 0.25) is 0 Å². The molecule has 0 aliphatic rings. The normalized spacial score (nSPS) is 8.45. The van der Waals surface area contributed by atoms with Gasteiger partial charge in [-0.1, -0.05) is 18.2 Å². The van der Waals surface area contributed by atoms with Crippen molar-refractivity contribution in [2.45, 2.75) is 0 Å². The molecule has 0 spiro atoms.